The Hall–Kier alpha value is -0.940. The summed E-state index contributed by atoms with van der Waals surface area (Å²) in [6.45, 7) is 3.95. The second kappa shape index (κ2) is 4.93. The van der Waals surface area contributed by atoms with Crippen LogP contribution < -0.4 is 10.6 Å². The fourth-order valence-corrected chi connectivity index (χ4v) is 2.69. The number of rotatable bonds is 3. The third kappa shape index (κ3) is 2.25. The Balaban J connectivity index is 2.06. The molecule has 1 aromatic heterocycles. The van der Waals surface area contributed by atoms with Crippen LogP contribution in [0.4, 0.5) is 5.13 Å². The van der Waals surface area contributed by atoms with Gasteiger partial charge < -0.3 is 10.6 Å². The van der Waals surface area contributed by atoms with Gasteiger partial charge in [0.2, 0.25) is 5.91 Å². The van der Waals surface area contributed by atoms with Crippen LogP contribution in [0.5, 0.6) is 0 Å². The van der Waals surface area contributed by atoms with E-state index < -0.39 is 0 Å². The van der Waals surface area contributed by atoms with E-state index in [4.69, 9.17) is 0 Å². The molecule has 0 bridgehead atoms. The largest absolute Gasteiger partial charge is 0.317 e. The Kier molecular flexibility index (Phi) is 3.56. The monoisotopic (exact) mass is 239 g/mol. The van der Waals surface area contributed by atoms with Crippen molar-refractivity contribution in [1.82, 2.24) is 10.3 Å². The van der Waals surface area contributed by atoms with Gasteiger partial charge in [-0.25, -0.2) is 4.98 Å². The first kappa shape index (κ1) is 11.5. The van der Waals surface area contributed by atoms with E-state index in [2.05, 4.69) is 22.5 Å². The van der Waals surface area contributed by atoms with Crippen molar-refractivity contribution < 1.29 is 4.79 Å². The number of nitrogens with one attached hydrogen (secondary N) is 2. The van der Waals surface area contributed by atoms with Crippen molar-refractivity contribution in [2.24, 2.45) is 5.41 Å². The molecule has 0 atom stereocenters. The van der Waals surface area contributed by atoms with Crippen LogP contribution in [-0.2, 0) is 4.79 Å². The molecule has 1 aromatic rings. The summed E-state index contributed by atoms with van der Waals surface area (Å²) in [6, 6.07) is 0. The third-order valence-corrected chi connectivity index (χ3v) is 4.06. The van der Waals surface area contributed by atoms with Crippen molar-refractivity contribution in [3.63, 3.8) is 0 Å². The van der Waals surface area contributed by atoms with Crippen LogP contribution in [0, 0.1) is 5.41 Å². The molecule has 0 aromatic carbocycles. The fourth-order valence-electron chi connectivity index (χ4n) is 2.16. The van der Waals surface area contributed by atoms with E-state index in [0.29, 0.717) is 5.13 Å². The zero-order valence-corrected chi connectivity index (χ0v) is 10.3. The number of carbonyl (C=O) groups excluding carboxylic acids is 1. The van der Waals surface area contributed by atoms with Crippen molar-refractivity contribution in [2.75, 3.05) is 18.4 Å². The second-order valence-corrected chi connectivity index (χ2v) is 5.07. The molecule has 16 heavy (non-hydrogen) atoms. The van der Waals surface area contributed by atoms with Crippen LogP contribution in [-0.4, -0.2) is 24.0 Å². The lowest BCUT2D eigenvalue weighted by atomic mass is 9.76. The molecule has 0 spiro atoms. The molecule has 0 radical (unpaired) electrons. The Bertz CT molecular complexity index is 344. The smallest absolute Gasteiger partial charge is 0.232 e. The first-order valence-corrected chi connectivity index (χ1v) is 6.56. The molecule has 2 N–H and O–H groups in total. The minimum atomic E-state index is -0.197. The van der Waals surface area contributed by atoms with Gasteiger partial charge in [0, 0.05) is 11.6 Å². The van der Waals surface area contributed by atoms with E-state index >= 15 is 0 Å². The van der Waals surface area contributed by atoms with Crippen molar-refractivity contribution in [3.05, 3.63) is 11.6 Å². The van der Waals surface area contributed by atoms with E-state index in [-0.39, 0.29) is 11.3 Å². The first-order valence-electron chi connectivity index (χ1n) is 5.68. The van der Waals surface area contributed by atoms with Gasteiger partial charge in [-0.05, 0) is 32.4 Å². The van der Waals surface area contributed by atoms with Gasteiger partial charge in [0.1, 0.15) is 0 Å². The maximum absolute atomic E-state index is 12.2. The normalized spacial score (nSPS) is 19.3. The van der Waals surface area contributed by atoms with E-state index in [9.17, 15) is 4.79 Å². The minimum absolute atomic E-state index is 0.131. The zero-order valence-electron chi connectivity index (χ0n) is 9.45. The van der Waals surface area contributed by atoms with Gasteiger partial charge in [-0.2, -0.15) is 0 Å². The van der Waals surface area contributed by atoms with Crippen LogP contribution >= 0.6 is 11.3 Å². The Morgan fingerprint density at radius 2 is 2.38 bits per heavy atom. The highest BCUT2D eigenvalue weighted by Crippen LogP contribution is 2.34. The fraction of sp³-hybridized carbons (Fsp3) is 0.636. The number of nitrogens with zero attached hydrogens (tertiary/aromatic N) is 1. The number of hydrogen-bond acceptors (Lipinski definition) is 4. The van der Waals surface area contributed by atoms with Gasteiger partial charge in [0.25, 0.3) is 0 Å². The van der Waals surface area contributed by atoms with Crippen molar-refractivity contribution in [2.45, 2.75) is 26.2 Å². The number of piperidine rings is 1. The van der Waals surface area contributed by atoms with Gasteiger partial charge >= 0.3 is 0 Å². The zero-order chi connectivity index (χ0) is 11.4. The maximum Gasteiger partial charge on any atom is 0.232 e. The minimum Gasteiger partial charge on any atom is -0.317 e. The first-order chi connectivity index (χ1) is 7.77. The second-order valence-electron chi connectivity index (χ2n) is 4.18. The van der Waals surface area contributed by atoms with Crippen LogP contribution in [0.15, 0.2) is 11.6 Å². The number of thiazole rings is 1. The van der Waals surface area contributed by atoms with Crippen LogP contribution in [0.3, 0.4) is 0 Å². The molecule has 1 aliphatic heterocycles. The molecule has 5 heteroatoms. The van der Waals surface area contributed by atoms with Gasteiger partial charge in [-0.1, -0.05) is 6.92 Å². The molecule has 1 aliphatic rings. The van der Waals surface area contributed by atoms with E-state index in [1.165, 1.54) is 11.3 Å². The third-order valence-electron chi connectivity index (χ3n) is 3.37. The van der Waals surface area contributed by atoms with Gasteiger partial charge in [0.15, 0.2) is 5.13 Å². The highest BCUT2D eigenvalue weighted by Gasteiger charge is 2.37. The average molecular weight is 239 g/mol. The van der Waals surface area contributed by atoms with Crippen LogP contribution in [0.1, 0.15) is 26.2 Å². The molecule has 88 valence electrons. The predicted octanol–water partition coefficient (Wildman–Crippen LogP) is 1.86. The lowest BCUT2D eigenvalue weighted by molar-refractivity contribution is -0.127. The summed E-state index contributed by atoms with van der Waals surface area (Å²) < 4.78 is 0. The molecule has 1 saturated heterocycles. The lowest BCUT2D eigenvalue weighted by Gasteiger charge is -2.34. The summed E-state index contributed by atoms with van der Waals surface area (Å²) >= 11 is 1.47. The summed E-state index contributed by atoms with van der Waals surface area (Å²) in [4.78, 5) is 16.3. The van der Waals surface area contributed by atoms with Crippen molar-refractivity contribution in [3.8, 4) is 0 Å². The number of carbonyl (C=O) groups is 1. The SMILES string of the molecule is CCC1(C(=O)Nc2nccs2)CCNCC1. The number of hydrogen-bond donors (Lipinski definition) is 2. The summed E-state index contributed by atoms with van der Waals surface area (Å²) in [5, 5.41) is 8.80. The van der Waals surface area contributed by atoms with Gasteiger partial charge in [-0.3, -0.25) is 4.79 Å². The van der Waals surface area contributed by atoms with E-state index in [0.717, 1.165) is 32.4 Å². The molecule has 1 fully saturated rings. The Labute approximate surface area is 99.5 Å². The highest BCUT2D eigenvalue weighted by molar-refractivity contribution is 7.13. The summed E-state index contributed by atoms with van der Waals surface area (Å²) in [6.07, 6.45) is 4.44. The molecule has 0 saturated carbocycles. The van der Waals surface area contributed by atoms with Crippen LogP contribution in [0.25, 0.3) is 0 Å². The maximum atomic E-state index is 12.2. The van der Waals surface area contributed by atoms with Crippen LogP contribution in [0.2, 0.25) is 0 Å². The number of anilines is 1. The quantitative estimate of drug-likeness (QED) is 0.846. The van der Waals surface area contributed by atoms with Gasteiger partial charge in [0.05, 0.1) is 5.41 Å². The number of aromatic nitrogens is 1. The molecule has 2 rings (SSSR count). The summed E-state index contributed by atoms with van der Waals surface area (Å²) in [7, 11) is 0. The molecule has 0 unspecified atom stereocenters. The molecule has 2 heterocycles. The van der Waals surface area contributed by atoms with E-state index in [1.807, 2.05) is 5.38 Å². The van der Waals surface area contributed by atoms with Crippen molar-refractivity contribution in [1.29, 1.82) is 0 Å². The topological polar surface area (TPSA) is 54.0 Å². The van der Waals surface area contributed by atoms with Crippen molar-refractivity contribution >= 4 is 22.4 Å². The summed E-state index contributed by atoms with van der Waals surface area (Å²) in [5.41, 5.74) is -0.197. The predicted molar refractivity (Wildman–Crippen MR) is 65.6 cm³/mol. The molecular weight excluding hydrogens is 222 g/mol. The molecule has 0 aliphatic carbocycles. The van der Waals surface area contributed by atoms with Gasteiger partial charge in [-0.15, -0.1) is 11.3 Å². The Morgan fingerprint density at radius 3 is 2.94 bits per heavy atom. The lowest BCUT2D eigenvalue weighted by Crippen LogP contribution is -2.44. The summed E-state index contributed by atoms with van der Waals surface area (Å²) in [5.74, 6) is 0.131. The number of amides is 1. The molecular formula is C11H17N3OS. The molecule has 4 nitrogen and oxygen atoms in total. The van der Waals surface area contributed by atoms with E-state index in [1.54, 1.807) is 6.20 Å². The highest BCUT2D eigenvalue weighted by atomic mass is 32.1. The standard InChI is InChI=1S/C11H17N3OS/c1-2-11(3-5-12-6-4-11)9(15)14-10-13-7-8-16-10/h7-8,12H,2-6H2,1H3,(H,13,14,15). The Morgan fingerprint density at radius 1 is 1.62 bits per heavy atom. The average Bonchev–Trinajstić information content (AvgIpc) is 2.82. The molecule has 1 amide bonds.